The lowest BCUT2D eigenvalue weighted by Crippen LogP contribution is -2.54. The van der Waals surface area contributed by atoms with E-state index in [2.05, 4.69) is 5.32 Å². The maximum atomic E-state index is 11.4. The summed E-state index contributed by atoms with van der Waals surface area (Å²) < 4.78 is 4.91. The van der Waals surface area contributed by atoms with Crippen molar-refractivity contribution in [2.75, 3.05) is 32.8 Å². The minimum Gasteiger partial charge on any atom is -0.370 e. The molecule has 0 saturated carbocycles. The van der Waals surface area contributed by atoms with Crippen LogP contribution >= 0.6 is 0 Å². The summed E-state index contributed by atoms with van der Waals surface area (Å²) in [6.45, 7) is 0.247. The van der Waals surface area contributed by atoms with Crippen molar-refractivity contribution in [1.29, 1.82) is 0 Å². The molecule has 3 amide bonds. The Bertz CT molecular complexity index is 263. The fourth-order valence-corrected chi connectivity index (χ4v) is 1.15. The van der Waals surface area contributed by atoms with Gasteiger partial charge in [-0.2, -0.15) is 0 Å². The highest BCUT2D eigenvalue weighted by Crippen LogP contribution is 1.96. The molecule has 1 aliphatic rings. The fraction of sp³-hybridized carbons (Fsp3) is 0.625. The van der Waals surface area contributed by atoms with E-state index in [1.165, 1.54) is 0 Å². The van der Waals surface area contributed by atoms with Gasteiger partial charge in [-0.1, -0.05) is 0 Å². The number of piperazine rings is 1. The van der Waals surface area contributed by atoms with Crippen molar-refractivity contribution >= 4 is 17.7 Å². The van der Waals surface area contributed by atoms with Gasteiger partial charge in [0.2, 0.25) is 17.7 Å². The Balaban J connectivity index is 2.38. The molecule has 0 unspecified atom stereocenters. The van der Waals surface area contributed by atoms with Crippen molar-refractivity contribution in [3.8, 4) is 0 Å². The Labute approximate surface area is 86.5 Å². The summed E-state index contributed by atoms with van der Waals surface area (Å²) in [5.41, 5.74) is 5.17. The van der Waals surface area contributed by atoms with Gasteiger partial charge in [-0.05, 0) is 0 Å². The molecule has 3 N–H and O–H groups in total. The number of rotatable bonds is 4. The van der Waals surface area contributed by atoms with Crippen LogP contribution in [-0.2, 0) is 19.1 Å². The van der Waals surface area contributed by atoms with E-state index >= 15 is 0 Å². The number of imide groups is 1. The van der Waals surface area contributed by atoms with Crippen LogP contribution in [0, 0.1) is 0 Å². The number of nitrogens with zero attached hydrogens (tertiary/aromatic N) is 1. The van der Waals surface area contributed by atoms with E-state index in [4.69, 9.17) is 10.5 Å². The lowest BCUT2D eigenvalue weighted by atomic mass is 10.3. The van der Waals surface area contributed by atoms with E-state index < -0.39 is 11.8 Å². The Morgan fingerprint density at radius 2 is 2.00 bits per heavy atom. The van der Waals surface area contributed by atoms with Crippen LogP contribution in [0.5, 0.6) is 0 Å². The van der Waals surface area contributed by atoms with Gasteiger partial charge in [0.15, 0.2) is 0 Å². The smallest absolute Gasteiger partial charge is 0.249 e. The molecule has 1 heterocycles. The van der Waals surface area contributed by atoms with Gasteiger partial charge in [-0.15, -0.1) is 0 Å². The maximum absolute atomic E-state index is 11.4. The van der Waals surface area contributed by atoms with Gasteiger partial charge in [0.05, 0.1) is 6.61 Å². The van der Waals surface area contributed by atoms with Crippen LogP contribution in [0.2, 0.25) is 0 Å². The molecule has 0 aromatic rings. The average molecular weight is 215 g/mol. The molecular formula is C8H13N3O4. The minimum atomic E-state index is -0.474. The Morgan fingerprint density at radius 3 is 2.53 bits per heavy atom. The highest BCUT2D eigenvalue weighted by Gasteiger charge is 2.25. The monoisotopic (exact) mass is 215 g/mol. The second-order valence-electron chi connectivity index (χ2n) is 3.06. The number of ether oxygens (including phenoxy) is 1. The third kappa shape index (κ3) is 3.64. The van der Waals surface area contributed by atoms with Crippen LogP contribution < -0.4 is 11.1 Å². The second-order valence-corrected chi connectivity index (χ2v) is 3.06. The molecule has 1 aliphatic heterocycles. The lowest BCUT2D eigenvalue weighted by Gasteiger charge is -2.25. The van der Waals surface area contributed by atoms with Crippen molar-refractivity contribution in [2.24, 2.45) is 5.73 Å². The molecule has 0 bridgehead atoms. The first kappa shape index (κ1) is 11.6. The zero-order chi connectivity index (χ0) is 11.3. The van der Waals surface area contributed by atoms with Crippen molar-refractivity contribution in [2.45, 2.75) is 0 Å². The van der Waals surface area contributed by atoms with E-state index in [9.17, 15) is 14.4 Å². The molecule has 0 aliphatic carbocycles. The highest BCUT2D eigenvalue weighted by molar-refractivity contribution is 6.02. The zero-order valence-corrected chi connectivity index (χ0v) is 8.19. The predicted molar refractivity (Wildman–Crippen MR) is 49.6 cm³/mol. The van der Waals surface area contributed by atoms with E-state index in [-0.39, 0.29) is 32.2 Å². The van der Waals surface area contributed by atoms with E-state index in [0.717, 1.165) is 4.90 Å². The molecule has 15 heavy (non-hydrogen) atoms. The third-order valence-electron chi connectivity index (χ3n) is 1.79. The molecule has 1 fully saturated rings. The highest BCUT2D eigenvalue weighted by atomic mass is 16.5. The number of hydrogen-bond acceptors (Lipinski definition) is 5. The van der Waals surface area contributed by atoms with Gasteiger partial charge < -0.3 is 15.4 Å². The first-order chi connectivity index (χ1) is 7.13. The number of carbonyl (C=O) groups excluding carboxylic acids is 3. The van der Waals surface area contributed by atoms with Gasteiger partial charge >= 0.3 is 0 Å². The van der Waals surface area contributed by atoms with Crippen LogP contribution in [0.25, 0.3) is 0 Å². The van der Waals surface area contributed by atoms with E-state index in [0.29, 0.717) is 6.54 Å². The molecule has 0 aromatic carbocycles. The van der Waals surface area contributed by atoms with Crippen molar-refractivity contribution in [1.82, 2.24) is 10.2 Å². The molecule has 7 heteroatoms. The topological polar surface area (TPSA) is 102 Å². The first-order valence-corrected chi connectivity index (χ1v) is 4.51. The molecule has 0 spiro atoms. The average Bonchev–Trinajstić information content (AvgIpc) is 2.16. The van der Waals surface area contributed by atoms with E-state index in [1.807, 2.05) is 0 Å². The number of carbonyl (C=O) groups is 3. The van der Waals surface area contributed by atoms with Gasteiger partial charge in [-0.3, -0.25) is 19.7 Å². The maximum Gasteiger partial charge on any atom is 0.249 e. The quantitative estimate of drug-likeness (QED) is 0.397. The van der Waals surface area contributed by atoms with Gasteiger partial charge in [0.1, 0.15) is 19.7 Å². The molecule has 84 valence electrons. The second kappa shape index (κ2) is 5.42. The van der Waals surface area contributed by atoms with Crippen LogP contribution in [0.3, 0.4) is 0 Å². The zero-order valence-electron chi connectivity index (χ0n) is 8.19. The van der Waals surface area contributed by atoms with Crippen LogP contribution in [0.15, 0.2) is 0 Å². The van der Waals surface area contributed by atoms with Gasteiger partial charge in [-0.25, -0.2) is 0 Å². The summed E-state index contributed by atoms with van der Waals surface area (Å²) in [6, 6.07) is 0. The van der Waals surface area contributed by atoms with Crippen LogP contribution in [0.4, 0.5) is 0 Å². The predicted octanol–water partition coefficient (Wildman–Crippen LogP) is -2.55. The summed E-state index contributed by atoms with van der Waals surface area (Å²) in [5.74, 6) is -1.33. The summed E-state index contributed by atoms with van der Waals surface area (Å²) in [7, 11) is 0. The number of nitrogens with two attached hydrogens (primary N) is 1. The van der Waals surface area contributed by atoms with Gasteiger partial charge in [0, 0.05) is 6.54 Å². The standard InChI is InChI=1S/C8H13N3O4/c9-1-2-15-5-8(14)11-3-6(12)10-7(13)4-11/h1-5,9H2,(H,10,12,13). The van der Waals surface area contributed by atoms with Crippen molar-refractivity contribution in [3.63, 3.8) is 0 Å². The number of nitrogens with one attached hydrogen (secondary N) is 1. The molecule has 0 atom stereocenters. The van der Waals surface area contributed by atoms with E-state index in [1.54, 1.807) is 0 Å². The summed E-state index contributed by atoms with van der Waals surface area (Å²) in [6.07, 6.45) is 0. The Kier molecular flexibility index (Phi) is 4.19. The number of amides is 3. The van der Waals surface area contributed by atoms with Crippen LogP contribution in [-0.4, -0.2) is 55.5 Å². The minimum absolute atomic E-state index is 0.101. The molecule has 0 aromatic heterocycles. The third-order valence-corrected chi connectivity index (χ3v) is 1.79. The van der Waals surface area contributed by atoms with Crippen molar-refractivity contribution < 1.29 is 19.1 Å². The SMILES string of the molecule is NCCOCC(=O)N1CC(=O)NC(=O)C1. The molecule has 0 radical (unpaired) electrons. The molecule has 1 rings (SSSR count). The lowest BCUT2D eigenvalue weighted by molar-refractivity contribution is -0.147. The Hall–Kier alpha value is -1.47. The Morgan fingerprint density at radius 1 is 1.40 bits per heavy atom. The van der Waals surface area contributed by atoms with Crippen molar-refractivity contribution in [3.05, 3.63) is 0 Å². The fourth-order valence-electron chi connectivity index (χ4n) is 1.15. The first-order valence-electron chi connectivity index (χ1n) is 4.51. The molecular weight excluding hydrogens is 202 g/mol. The van der Waals surface area contributed by atoms with Crippen LogP contribution in [0.1, 0.15) is 0 Å². The molecule has 1 saturated heterocycles. The largest absolute Gasteiger partial charge is 0.370 e. The summed E-state index contributed by atoms with van der Waals surface area (Å²) in [4.78, 5) is 34.4. The number of hydrogen-bond donors (Lipinski definition) is 2. The molecule has 7 nitrogen and oxygen atoms in total. The normalized spacial score (nSPS) is 16.5. The summed E-state index contributed by atoms with van der Waals surface area (Å²) in [5, 5.41) is 2.10. The van der Waals surface area contributed by atoms with Gasteiger partial charge in [0.25, 0.3) is 0 Å². The summed E-state index contributed by atoms with van der Waals surface area (Å²) >= 11 is 0.